The lowest BCUT2D eigenvalue weighted by Crippen LogP contribution is -2.27. The van der Waals surface area contributed by atoms with Crippen LogP contribution in [0.4, 0.5) is 11.4 Å². The lowest BCUT2D eigenvalue weighted by Gasteiger charge is -2.22. The maximum atomic E-state index is 11.0. The molecule has 0 radical (unpaired) electrons. The summed E-state index contributed by atoms with van der Waals surface area (Å²) in [6.45, 7) is 4.14. The molecule has 2 rings (SSSR count). The van der Waals surface area contributed by atoms with Crippen LogP contribution < -0.4 is 5.32 Å². The molecule has 1 aliphatic rings. The van der Waals surface area contributed by atoms with Crippen molar-refractivity contribution in [1.29, 1.82) is 5.26 Å². The Kier molecular flexibility index (Phi) is 5.12. The molecule has 1 aromatic carbocycles. The Bertz CT molecular complexity index is 549. The smallest absolute Gasteiger partial charge is 0.269 e. The Morgan fingerprint density at radius 3 is 2.86 bits per heavy atom. The van der Waals surface area contributed by atoms with E-state index in [1.54, 1.807) is 12.1 Å². The van der Waals surface area contributed by atoms with Crippen molar-refractivity contribution >= 4 is 11.4 Å². The summed E-state index contributed by atoms with van der Waals surface area (Å²) in [4.78, 5) is 12.8. The number of benzene rings is 1. The molecule has 0 amide bonds. The van der Waals surface area contributed by atoms with Gasteiger partial charge in [0.1, 0.15) is 0 Å². The highest BCUT2D eigenvalue weighted by Gasteiger charge is 2.29. The minimum absolute atomic E-state index is 0.114. The highest BCUT2D eigenvalue weighted by atomic mass is 16.6. The van der Waals surface area contributed by atoms with E-state index in [-0.39, 0.29) is 10.6 Å². The number of hydrogen-bond donors (Lipinski definition) is 1. The molecule has 0 unspecified atom stereocenters. The second kappa shape index (κ2) is 7.04. The van der Waals surface area contributed by atoms with Crippen molar-refractivity contribution in [1.82, 2.24) is 4.90 Å². The summed E-state index contributed by atoms with van der Waals surface area (Å²) in [5, 5.41) is 23.0. The summed E-state index contributed by atoms with van der Waals surface area (Å²) in [5.74, 6) is 0. The summed E-state index contributed by atoms with van der Waals surface area (Å²) in [7, 11) is 0. The minimum atomic E-state index is -0.365. The van der Waals surface area contributed by atoms with Gasteiger partial charge >= 0.3 is 0 Å². The SMILES string of the molecule is CCNc1ccc([N+](=O)[O-])cc1CN(CCC#N)C1CC1. The fraction of sp³-hybridized carbons (Fsp3) is 0.533. The fourth-order valence-electron chi connectivity index (χ4n) is 2.43. The molecule has 0 atom stereocenters. The second-order valence-corrected chi connectivity index (χ2v) is 5.24. The molecule has 0 aromatic heterocycles. The van der Waals surface area contributed by atoms with Gasteiger partial charge in [-0.2, -0.15) is 5.26 Å². The predicted molar refractivity (Wildman–Crippen MR) is 80.9 cm³/mol. The van der Waals surface area contributed by atoms with Gasteiger partial charge in [0.25, 0.3) is 5.69 Å². The molecular weight excluding hydrogens is 268 g/mol. The number of rotatable bonds is 8. The fourth-order valence-corrected chi connectivity index (χ4v) is 2.43. The van der Waals surface area contributed by atoms with E-state index in [9.17, 15) is 10.1 Å². The van der Waals surface area contributed by atoms with Crippen LogP contribution in [0, 0.1) is 21.4 Å². The third kappa shape index (κ3) is 4.17. The predicted octanol–water partition coefficient (Wildman–Crippen LogP) is 2.90. The molecule has 0 spiro atoms. The van der Waals surface area contributed by atoms with Crippen LogP contribution >= 0.6 is 0 Å². The molecule has 6 heteroatoms. The number of nitriles is 1. The van der Waals surface area contributed by atoms with Crippen LogP contribution in [0.1, 0.15) is 31.7 Å². The van der Waals surface area contributed by atoms with Gasteiger partial charge in [0.15, 0.2) is 0 Å². The zero-order chi connectivity index (χ0) is 15.2. The van der Waals surface area contributed by atoms with Crippen LogP contribution in [0.3, 0.4) is 0 Å². The number of non-ortho nitro benzene ring substituents is 1. The molecule has 0 heterocycles. The van der Waals surface area contributed by atoms with Crippen molar-refractivity contribution < 1.29 is 4.92 Å². The third-order valence-electron chi connectivity index (χ3n) is 3.61. The van der Waals surface area contributed by atoms with Gasteiger partial charge in [-0.15, -0.1) is 0 Å². The zero-order valence-corrected chi connectivity index (χ0v) is 12.2. The Labute approximate surface area is 124 Å². The van der Waals surface area contributed by atoms with E-state index >= 15 is 0 Å². The Morgan fingerprint density at radius 2 is 2.29 bits per heavy atom. The van der Waals surface area contributed by atoms with E-state index in [0.717, 1.165) is 37.2 Å². The summed E-state index contributed by atoms with van der Waals surface area (Å²) in [6, 6.07) is 7.63. The summed E-state index contributed by atoms with van der Waals surface area (Å²) < 4.78 is 0. The highest BCUT2D eigenvalue weighted by Crippen LogP contribution is 2.31. The Hall–Kier alpha value is -2.13. The molecule has 0 bridgehead atoms. The molecule has 0 saturated heterocycles. The summed E-state index contributed by atoms with van der Waals surface area (Å²) in [6.07, 6.45) is 2.79. The van der Waals surface area contributed by atoms with E-state index in [0.29, 0.717) is 19.0 Å². The minimum Gasteiger partial charge on any atom is -0.385 e. The third-order valence-corrected chi connectivity index (χ3v) is 3.61. The maximum absolute atomic E-state index is 11.0. The van der Waals surface area contributed by atoms with Gasteiger partial charge in [0.2, 0.25) is 0 Å². The average Bonchev–Trinajstić information content (AvgIpc) is 3.29. The number of nitro benzene ring substituents is 1. The van der Waals surface area contributed by atoms with Crippen LogP contribution in [-0.4, -0.2) is 29.0 Å². The Balaban J connectivity index is 2.19. The molecule has 6 nitrogen and oxygen atoms in total. The van der Waals surface area contributed by atoms with Gasteiger partial charge in [-0.1, -0.05) is 0 Å². The summed E-state index contributed by atoms with van der Waals surface area (Å²) in [5.41, 5.74) is 1.98. The van der Waals surface area contributed by atoms with Gasteiger partial charge in [0.05, 0.1) is 11.0 Å². The molecule has 112 valence electrons. The van der Waals surface area contributed by atoms with Crippen molar-refractivity contribution in [2.24, 2.45) is 0 Å². The van der Waals surface area contributed by atoms with Crippen molar-refractivity contribution in [2.75, 3.05) is 18.4 Å². The van der Waals surface area contributed by atoms with E-state index < -0.39 is 0 Å². The van der Waals surface area contributed by atoms with Gasteiger partial charge in [-0.3, -0.25) is 15.0 Å². The zero-order valence-electron chi connectivity index (χ0n) is 12.2. The molecule has 21 heavy (non-hydrogen) atoms. The molecule has 0 aliphatic heterocycles. The van der Waals surface area contributed by atoms with Crippen molar-refractivity contribution in [2.45, 2.75) is 38.8 Å². The normalized spacial score (nSPS) is 14.0. The Morgan fingerprint density at radius 1 is 1.52 bits per heavy atom. The molecule has 1 N–H and O–H groups in total. The quantitative estimate of drug-likeness (QED) is 0.587. The highest BCUT2D eigenvalue weighted by molar-refractivity contribution is 5.56. The van der Waals surface area contributed by atoms with Crippen LogP contribution in [0.5, 0.6) is 0 Å². The standard InChI is InChI=1S/C15H20N4O2/c1-2-17-15-7-6-14(19(20)21)10-12(15)11-18(9-3-8-16)13-4-5-13/h6-7,10,13,17H,2-5,9,11H2,1H3. The average molecular weight is 288 g/mol. The van der Waals surface area contributed by atoms with Crippen molar-refractivity contribution in [3.05, 3.63) is 33.9 Å². The molecule has 1 fully saturated rings. The lowest BCUT2D eigenvalue weighted by atomic mass is 10.1. The van der Waals surface area contributed by atoms with Gasteiger partial charge in [-0.05, 0) is 31.4 Å². The van der Waals surface area contributed by atoms with E-state index in [2.05, 4.69) is 16.3 Å². The topological polar surface area (TPSA) is 82.2 Å². The van der Waals surface area contributed by atoms with Gasteiger partial charge < -0.3 is 5.32 Å². The van der Waals surface area contributed by atoms with E-state index in [4.69, 9.17) is 5.26 Å². The first kappa shape index (κ1) is 15.3. The largest absolute Gasteiger partial charge is 0.385 e. The van der Waals surface area contributed by atoms with E-state index in [1.807, 2.05) is 6.92 Å². The van der Waals surface area contributed by atoms with Crippen LogP contribution in [0.2, 0.25) is 0 Å². The van der Waals surface area contributed by atoms with Crippen molar-refractivity contribution in [3.63, 3.8) is 0 Å². The molecular formula is C15H20N4O2. The van der Waals surface area contributed by atoms with E-state index in [1.165, 1.54) is 6.07 Å². The second-order valence-electron chi connectivity index (χ2n) is 5.24. The number of anilines is 1. The lowest BCUT2D eigenvalue weighted by molar-refractivity contribution is -0.384. The summed E-state index contributed by atoms with van der Waals surface area (Å²) >= 11 is 0. The molecule has 1 aliphatic carbocycles. The van der Waals surface area contributed by atoms with Crippen LogP contribution in [-0.2, 0) is 6.54 Å². The van der Waals surface area contributed by atoms with Crippen LogP contribution in [0.15, 0.2) is 18.2 Å². The number of nitrogens with one attached hydrogen (secondary N) is 1. The van der Waals surface area contributed by atoms with Crippen LogP contribution in [0.25, 0.3) is 0 Å². The number of nitro groups is 1. The monoisotopic (exact) mass is 288 g/mol. The first-order chi connectivity index (χ1) is 10.2. The number of nitrogens with zero attached hydrogens (tertiary/aromatic N) is 3. The van der Waals surface area contributed by atoms with Gasteiger partial charge in [-0.25, -0.2) is 0 Å². The van der Waals surface area contributed by atoms with Crippen molar-refractivity contribution in [3.8, 4) is 6.07 Å². The van der Waals surface area contributed by atoms with Gasteiger partial charge in [0, 0.05) is 49.9 Å². The first-order valence-corrected chi connectivity index (χ1v) is 7.28. The maximum Gasteiger partial charge on any atom is 0.269 e. The molecule has 1 saturated carbocycles. The number of hydrogen-bond acceptors (Lipinski definition) is 5. The first-order valence-electron chi connectivity index (χ1n) is 7.28. The molecule has 1 aromatic rings.